The van der Waals surface area contributed by atoms with Gasteiger partial charge in [0.25, 0.3) is 0 Å². The lowest BCUT2D eigenvalue weighted by molar-refractivity contribution is -0.122. The van der Waals surface area contributed by atoms with E-state index in [-0.39, 0.29) is 11.8 Å². The molecule has 0 saturated carbocycles. The lowest BCUT2D eigenvalue weighted by Crippen LogP contribution is -2.43. The number of carbonyl (C=O) groups is 1. The molecule has 1 N–H and O–H groups in total. The largest absolute Gasteiger partial charge is 0.497 e. The van der Waals surface area contributed by atoms with E-state index >= 15 is 0 Å². The number of ether oxygens (including phenoxy) is 1. The summed E-state index contributed by atoms with van der Waals surface area (Å²) in [7, 11) is 1.64. The van der Waals surface area contributed by atoms with Gasteiger partial charge in [-0.2, -0.15) is 0 Å². The van der Waals surface area contributed by atoms with Gasteiger partial charge in [0, 0.05) is 24.7 Å². The molecular formula is C14H20N2O2. The van der Waals surface area contributed by atoms with Gasteiger partial charge in [0.15, 0.2) is 0 Å². The summed E-state index contributed by atoms with van der Waals surface area (Å²) in [6, 6.07) is 7.67. The molecule has 1 saturated heterocycles. The highest BCUT2D eigenvalue weighted by Crippen LogP contribution is 2.21. The van der Waals surface area contributed by atoms with Gasteiger partial charge in [-0.1, -0.05) is 6.92 Å². The predicted molar refractivity (Wildman–Crippen MR) is 72.0 cm³/mol. The summed E-state index contributed by atoms with van der Waals surface area (Å²) in [6.45, 7) is 4.45. The first-order chi connectivity index (χ1) is 8.72. The van der Waals surface area contributed by atoms with Crippen molar-refractivity contribution in [1.82, 2.24) is 5.32 Å². The molecule has 1 aromatic rings. The lowest BCUT2D eigenvalue weighted by atomic mass is 10.1. The maximum Gasteiger partial charge on any atom is 0.231 e. The first-order valence-electron chi connectivity index (χ1n) is 6.38. The second-order valence-electron chi connectivity index (χ2n) is 4.65. The summed E-state index contributed by atoms with van der Waals surface area (Å²) in [6.07, 6.45) is 0.977. The molecule has 0 aliphatic carbocycles. The van der Waals surface area contributed by atoms with Crippen LogP contribution in [0.15, 0.2) is 24.3 Å². The number of carbonyl (C=O) groups excluding carboxylic acids is 1. The summed E-state index contributed by atoms with van der Waals surface area (Å²) >= 11 is 0. The van der Waals surface area contributed by atoms with E-state index in [1.54, 1.807) is 7.11 Å². The molecule has 98 valence electrons. The summed E-state index contributed by atoms with van der Waals surface area (Å²) in [4.78, 5) is 14.2. The van der Waals surface area contributed by atoms with E-state index in [1.807, 2.05) is 36.1 Å². The quantitative estimate of drug-likeness (QED) is 0.865. The Labute approximate surface area is 108 Å². The van der Waals surface area contributed by atoms with Crippen molar-refractivity contribution in [2.24, 2.45) is 5.92 Å². The highest BCUT2D eigenvalue weighted by Gasteiger charge is 2.23. The first kappa shape index (κ1) is 12.9. The average molecular weight is 248 g/mol. The number of hydrogen-bond acceptors (Lipinski definition) is 3. The van der Waals surface area contributed by atoms with E-state index in [1.165, 1.54) is 0 Å². The van der Waals surface area contributed by atoms with Crippen molar-refractivity contribution in [3.8, 4) is 5.75 Å². The van der Waals surface area contributed by atoms with Gasteiger partial charge < -0.3 is 15.0 Å². The Hall–Kier alpha value is -1.55. The second-order valence-corrected chi connectivity index (χ2v) is 4.65. The molecule has 1 unspecified atom stereocenters. The van der Waals surface area contributed by atoms with Gasteiger partial charge in [-0.05, 0) is 37.2 Å². The van der Waals surface area contributed by atoms with E-state index in [0.717, 1.165) is 37.5 Å². The van der Waals surface area contributed by atoms with Crippen LogP contribution >= 0.6 is 0 Å². The molecule has 1 heterocycles. The van der Waals surface area contributed by atoms with E-state index in [4.69, 9.17) is 4.74 Å². The number of benzene rings is 1. The smallest absolute Gasteiger partial charge is 0.231 e. The van der Waals surface area contributed by atoms with Crippen LogP contribution in [0, 0.1) is 5.92 Å². The summed E-state index contributed by atoms with van der Waals surface area (Å²) < 4.78 is 5.14. The second kappa shape index (κ2) is 5.87. The predicted octanol–water partition coefficient (Wildman–Crippen LogP) is 1.66. The zero-order valence-corrected chi connectivity index (χ0v) is 11.0. The molecule has 4 heteroatoms. The van der Waals surface area contributed by atoms with Crippen molar-refractivity contribution in [2.75, 3.05) is 31.6 Å². The normalized spacial score (nSPS) is 21.3. The Morgan fingerprint density at radius 1 is 1.33 bits per heavy atom. The Bertz CT molecular complexity index is 403. The summed E-state index contributed by atoms with van der Waals surface area (Å²) in [5, 5.41) is 3.29. The first-order valence-corrected chi connectivity index (χ1v) is 6.38. The Morgan fingerprint density at radius 3 is 2.72 bits per heavy atom. The number of amides is 1. The van der Waals surface area contributed by atoms with Crippen LogP contribution in [0.4, 0.5) is 5.69 Å². The molecule has 0 radical (unpaired) electrons. The van der Waals surface area contributed by atoms with Crippen LogP contribution in [0.3, 0.4) is 0 Å². The minimum absolute atomic E-state index is 0.0207. The number of anilines is 1. The van der Waals surface area contributed by atoms with Crippen LogP contribution in [-0.4, -0.2) is 32.7 Å². The van der Waals surface area contributed by atoms with Gasteiger partial charge >= 0.3 is 0 Å². The van der Waals surface area contributed by atoms with Crippen LogP contribution in [0.2, 0.25) is 0 Å². The van der Waals surface area contributed by atoms with Crippen molar-refractivity contribution in [1.29, 1.82) is 0 Å². The molecule has 2 rings (SSSR count). The Balaban J connectivity index is 2.19. The van der Waals surface area contributed by atoms with Crippen molar-refractivity contribution >= 4 is 11.6 Å². The highest BCUT2D eigenvalue weighted by molar-refractivity contribution is 5.95. The molecule has 4 nitrogen and oxygen atoms in total. The number of hydrogen-bond donors (Lipinski definition) is 1. The SMILES string of the molecule is COc1ccc(N2CCCNCC(C)C2=O)cc1. The van der Waals surface area contributed by atoms with Gasteiger partial charge in [0.05, 0.1) is 7.11 Å². The Morgan fingerprint density at radius 2 is 2.06 bits per heavy atom. The molecule has 0 bridgehead atoms. The fraction of sp³-hybridized carbons (Fsp3) is 0.500. The molecule has 1 aliphatic rings. The van der Waals surface area contributed by atoms with Crippen LogP contribution in [0.5, 0.6) is 5.75 Å². The molecule has 0 aromatic heterocycles. The minimum Gasteiger partial charge on any atom is -0.497 e. The molecule has 1 atom stereocenters. The highest BCUT2D eigenvalue weighted by atomic mass is 16.5. The molecule has 1 aromatic carbocycles. The van der Waals surface area contributed by atoms with Gasteiger partial charge in [-0.3, -0.25) is 4.79 Å². The minimum atomic E-state index is 0.0207. The van der Waals surface area contributed by atoms with E-state index in [0.29, 0.717) is 0 Å². The third kappa shape index (κ3) is 2.82. The van der Waals surface area contributed by atoms with Crippen molar-refractivity contribution in [3.05, 3.63) is 24.3 Å². The molecular weight excluding hydrogens is 228 g/mol. The summed E-state index contributed by atoms with van der Waals surface area (Å²) in [5.74, 6) is 1.02. The van der Waals surface area contributed by atoms with Crippen LogP contribution < -0.4 is 15.0 Å². The number of nitrogens with zero attached hydrogens (tertiary/aromatic N) is 1. The summed E-state index contributed by atoms with van der Waals surface area (Å²) in [5.41, 5.74) is 0.953. The topological polar surface area (TPSA) is 41.6 Å². The fourth-order valence-electron chi connectivity index (χ4n) is 2.16. The average Bonchev–Trinajstić information content (AvgIpc) is 2.40. The van der Waals surface area contributed by atoms with Gasteiger partial charge in [0.2, 0.25) is 5.91 Å². The standard InChI is InChI=1S/C14H20N2O2/c1-11-10-15-8-3-9-16(14(11)17)12-4-6-13(18-2)7-5-12/h4-7,11,15H,3,8-10H2,1-2H3. The maximum absolute atomic E-state index is 12.3. The van der Waals surface area contributed by atoms with Gasteiger partial charge in [-0.15, -0.1) is 0 Å². The van der Waals surface area contributed by atoms with Crippen LogP contribution in [-0.2, 0) is 4.79 Å². The Kier molecular flexibility index (Phi) is 4.20. The molecule has 0 spiro atoms. The zero-order valence-electron chi connectivity index (χ0n) is 11.0. The van der Waals surface area contributed by atoms with Gasteiger partial charge in [0.1, 0.15) is 5.75 Å². The molecule has 1 fully saturated rings. The van der Waals surface area contributed by atoms with Gasteiger partial charge in [-0.25, -0.2) is 0 Å². The number of methoxy groups -OCH3 is 1. The van der Waals surface area contributed by atoms with Crippen molar-refractivity contribution in [3.63, 3.8) is 0 Å². The number of nitrogens with one attached hydrogen (secondary N) is 1. The van der Waals surface area contributed by atoms with E-state index in [9.17, 15) is 4.79 Å². The van der Waals surface area contributed by atoms with Crippen LogP contribution in [0.25, 0.3) is 0 Å². The molecule has 1 amide bonds. The van der Waals surface area contributed by atoms with Crippen LogP contribution in [0.1, 0.15) is 13.3 Å². The third-order valence-electron chi connectivity index (χ3n) is 3.26. The monoisotopic (exact) mass is 248 g/mol. The van der Waals surface area contributed by atoms with E-state index in [2.05, 4.69) is 5.32 Å². The fourth-order valence-corrected chi connectivity index (χ4v) is 2.16. The third-order valence-corrected chi connectivity index (χ3v) is 3.26. The van der Waals surface area contributed by atoms with Crippen molar-refractivity contribution < 1.29 is 9.53 Å². The zero-order chi connectivity index (χ0) is 13.0. The molecule has 18 heavy (non-hydrogen) atoms. The van der Waals surface area contributed by atoms with E-state index < -0.39 is 0 Å². The van der Waals surface area contributed by atoms with Crippen molar-refractivity contribution in [2.45, 2.75) is 13.3 Å². The maximum atomic E-state index is 12.3. The molecule has 1 aliphatic heterocycles. The lowest BCUT2D eigenvalue weighted by Gasteiger charge is -2.28. The number of rotatable bonds is 2.